The summed E-state index contributed by atoms with van der Waals surface area (Å²) in [6.45, 7) is 0. The predicted octanol–water partition coefficient (Wildman–Crippen LogP) is 1.14. The highest BCUT2D eigenvalue weighted by Gasteiger charge is 2.01. The van der Waals surface area contributed by atoms with Crippen LogP contribution >= 0.6 is 0 Å². The van der Waals surface area contributed by atoms with E-state index < -0.39 is 11.1 Å². The molecule has 2 rings (SSSR count). The normalized spacial score (nSPS) is 13.4. The van der Waals surface area contributed by atoms with Gasteiger partial charge in [0.1, 0.15) is 0 Å². The SMILES string of the molecule is O=S(O)c1ccc2[nH]ncc2c1. The van der Waals surface area contributed by atoms with Crippen LogP contribution in [0.3, 0.4) is 0 Å². The first-order valence-electron chi connectivity index (χ1n) is 3.31. The molecule has 0 saturated heterocycles. The van der Waals surface area contributed by atoms with Crippen LogP contribution < -0.4 is 0 Å². The number of nitrogens with zero attached hydrogens (tertiary/aromatic N) is 1. The number of H-pyrrole nitrogens is 1. The summed E-state index contributed by atoms with van der Waals surface area (Å²) in [5, 5.41) is 7.39. The third kappa shape index (κ3) is 1.13. The summed E-state index contributed by atoms with van der Waals surface area (Å²) in [4.78, 5) is 0.393. The molecule has 0 aliphatic carbocycles. The molecule has 1 atom stereocenters. The number of aromatic amines is 1. The minimum absolute atomic E-state index is 0.393. The molecule has 2 aromatic rings. The van der Waals surface area contributed by atoms with Crippen LogP contribution in [0.1, 0.15) is 0 Å². The van der Waals surface area contributed by atoms with Gasteiger partial charge in [-0.15, -0.1) is 0 Å². The van der Waals surface area contributed by atoms with Crippen LogP contribution in [-0.2, 0) is 11.1 Å². The van der Waals surface area contributed by atoms with Gasteiger partial charge in [0.25, 0.3) is 0 Å². The van der Waals surface area contributed by atoms with Gasteiger partial charge >= 0.3 is 0 Å². The molecule has 0 amide bonds. The zero-order valence-corrected chi connectivity index (χ0v) is 6.84. The summed E-state index contributed by atoms with van der Waals surface area (Å²) in [5.74, 6) is 0. The van der Waals surface area contributed by atoms with Crippen LogP contribution in [0.4, 0.5) is 0 Å². The van der Waals surface area contributed by atoms with Gasteiger partial charge in [-0.3, -0.25) is 5.10 Å². The van der Waals surface area contributed by atoms with E-state index in [4.69, 9.17) is 4.55 Å². The molecule has 0 radical (unpaired) electrons. The number of hydrogen-bond donors (Lipinski definition) is 2. The Bertz CT molecular complexity index is 438. The first kappa shape index (κ1) is 7.45. The van der Waals surface area contributed by atoms with Crippen LogP contribution in [0.25, 0.3) is 10.9 Å². The van der Waals surface area contributed by atoms with Crippen molar-refractivity contribution in [2.45, 2.75) is 4.90 Å². The minimum Gasteiger partial charge on any atom is -0.302 e. The molecule has 0 fully saturated rings. The monoisotopic (exact) mass is 182 g/mol. The zero-order valence-electron chi connectivity index (χ0n) is 6.02. The highest BCUT2D eigenvalue weighted by molar-refractivity contribution is 7.79. The fourth-order valence-electron chi connectivity index (χ4n) is 1.03. The Kier molecular flexibility index (Phi) is 1.67. The molecule has 1 unspecified atom stereocenters. The van der Waals surface area contributed by atoms with Crippen LogP contribution in [0.2, 0.25) is 0 Å². The van der Waals surface area contributed by atoms with Crippen LogP contribution in [0.5, 0.6) is 0 Å². The molecule has 5 heteroatoms. The Morgan fingerprint density at radius 1 is 1.50 bits per heavy atom. The highest BCUT2D eigenvalue weighted by atomic mass is 32.2. The molecule has 12 heavy (non-hydrogen) atoms. The van der Waals surface area contributed by atoms with Gasteiger partial charge in [0.2, 0.25) is 0 Å². The Hall–Kier alpha value is -1.20. The molecule has 0 bridgehead atoms. The van der Waals surface area contributed by atoms with Crippen molar-refractivity contribution in [2.24, 2.45) is 0 Å². The van der Waals surface area contributed by atoms with Crippen molar-refractivity contribution in [1.29, 1.82) is 0 Å². The summed E-state index contributed by atoms with van der Waals surface area (Å²) >= 11 is -1.91. The molecule has 1 aromatic carbocycles. The second-order valence-corrected chi connectivity index (χ2v) is 3.34. The number of nitrogens with one attached hydrogen (secondary N) is 1. The van der Waals surface area contributed by atoms with Gasteiger partial charge in [0.05, 0.1) is 16.6 Å². The fourth-order valence-corrected chi connectivity index (χ4v) is 1.44. The van der Waals surface area contributed by atoms with Crippen molar-refractivity contribution < 1.29 is 8.76 Å². The number of benzene rings is 1. The summed E-state index contributed by atoms with van der Waals surface area (Å²) in [5.41, 5.74) is 0.865. The van der Waals surface area contributed by atoms with E-state index in [0.717, 1.165) is 10.9 Å². The first-order valence-corrected chi connectivity index (χ1v) is 4.42. The van der Waals surface area contributed by atoms with Crippen LogP contribution in [0, 0.1) is 0 Å². The van der Waals surface area contributed by atoms with Gasteiger partial charge in [-0.1, -0.05) is 0 Å². The van der Waals surface area contributed by atoms with Crippen molar-refractivity contribution in [3.8, 4) is 0 Å². The van der Waals surface area contributed by atoms with Gasteiger partial charge in [-0.2, -0.15) is 5.10 Å². The summed E-state index contributed by atoms with van der Waals surface area (Å²) in [6.07, 6.45) is 1.62. The van der Waals surface area contributed by atoms with Crippen molar-refractivity contribution in [3.05, 3.63) is 24.4 Å². The average molecular weight is 182 g/mol. The highest BCUT2D eigenvalue weighted by Crippen LogP contribution is 2.14. The van der Waals surface area contributed by atoms with Crippen LogP contribution in [0.15, 0.2) is 29.3 Å². The predicted molar refractivity (Wildman–Crippen MR) is 45.1 cm³/mol. The Morgan fingerprint density at radius 2 is 2.33 bits per heavy atom. The van der Waals surface area contributed by atoms with E-state index in [1.54, 1.807) is 24.4 Å². The maximum atomic E-state index is 10.6. The molecule has 0 aliphatic rings. The van der Waals surface area contributed by atoms with Gasteiger partial charge < -0.3 is 4.55 Å². The van der Waals surface area contributed by atoms with E-state index in [1.165, 1.54) is 0 Å². The van der Waals surface area contributed by atoms with E-state index in [1.807, 2.05) is 0 Å². The van der Waals surface area contributed by atoms with Gasteiger partial charge in [-0.05, 0) is 18.2 Å². The van der Waals surface area contributed by atoms with Gasteiger partial charge in [0.15, 0.2) is 11.1 Å². The van der Waals surface area contributed by atoms with Crippen molar-refractivity contribution in [3.63, 3.8) is 0 Å². The van der Waals surface area contributed by atoms with Crippen molar-refractivity contribution in [1.82, 2.24) is 10.2 Å². The van der Waals surface area contributed by atoms with E-state index in [2.05, 4.69) is 10.2 Å². The lowest BCUT2D eigenvalue weighted by Gasteiger charge is -1.93. The number of hydrogen-bond acceptors (Lipinski definition) is 2. The molecule has 1 aromatic heterocycles. The van der Waals surface area contributed by atoms with Crippen LogP contribution in [-0.4, -0.2) is 19.0 Å². The van der Waals surface area contributed by atoms with E-state index in [-0.39, 0.29) is 0 Å². The molecular formula is C7H6N2O2S. The summed E-state index contributed by atoms with van der Waals surface area (Å²) < 4.78 is 19.4. The lowest BCUT2D eigenvalue weighted by molar-refractivity contribution is 0.564. The standard InChI is InChI=1S/C7H6N2O2S/c10-12(11)6-1-2-7-5(3-6)4-8-9-7/h1-4H,(H,8,9)(H,10,11). The second kappa shape index (κ2) is 2.69. The average Bonchev–Trinajstić information content (AvgIpc) is 2.49. The van der Waals surface area contributed by atoms with E-state index in [0.29, 0.717) is 4.90 Å². The molecule has 1 heterocycles. The maximum Gasteiger partial charge on any atom is 0.186 e. The summed E-state index contributed by atoms with van der Waals surface area (Å²) in [7, 11) is 0. The molecule has 2 N–H and O–H groups in total. The molecule has 4 nitrogen and oxygen atoms in total. The fraction of sp³-hybridized carbons (Fsp3) is 0. The van der Waals surface area contributed by atoms with E-state index in [9.17, 15) is 4.21 Å². The third-order valence-corrected chi connectivity index (χ3v) is 2.27. The maximum absolute atomic E-state index is 10.6. The Balaban J connectivity index is 2.68. The van der Waals surface area contributed by atoms with Crippen molar-refractivity contribution in [2.75, 3.05) is 0 Å². The smallest absolute Gasteiger partial charge is 0.186 e. The number of aromatic nitrogens is 2. The lowest BCUT2D eigenvalue weighted by Crippen LogP contribution is -1.86. The minimum atomic E-state index is -1.91. The Morgan fingerprint density at radius 3 is 3.08 bits per heavy atom. The third-order valence-electron chi connectivity index (χ3n) is 1.61. The topological polar surface area (TPSA) is 66.0 Å². The molecule has 0 spiro atoms. The van der Waals surface area contributed by atoms with E-state index >= 15 is 0 Å². The van der Waals surface area contributed by atoms with Gasteiger partial charge in [0, 0.05) is 5.39 Å². The number of fused-ring (bicyclic) bond motifs is 1. The van der Waals surface area contributed by atoms with Gasteiger partial charge in [-0.25, -0.2) is 4.21 Å². The first-order chi connectivity index (χ1) is 5.77. The molecular weight excluding hydrogens is 176 g/mol. The number of rotatable bonds is 1. The zero-order chi connectivity index (χ0) is 8.55. The Labute approximate surface area is 70.9 Å². The molecule has 0 saturated carbocycles. The lowest BCUT2D eigenvalue weighted by atomic mass is 10.3. The molecule has 0 aliphatic heterocycles. The molecule has 62 valence electrons. The summed E-state index contributed by atoms with van der Waals surface area (Å²) in [6, 6.07) is 4.96. The van der Waals surface area contributed by atoms with Crippen molar-refractivity contribution >= 4 is 22.0 Å². The second-order valence-electron chi connectivity index (χ2n) is 2.37. The quantitative estimate of drug-likeness (QED) is 0.650. The largest absolute Gasteiger partial charge is 0.302 e.